The maximum atomic E-state index is 8.36. The van der Waals surface area contributed by atoms with Crippen molar-refractivity contribution < 1.29 is 19.4 Å². The van der Waals surface area contributed by atoms with E-state index in [9.17, 15) is 0 Å². The summed E-state index contributed by atoms with van der Waals surface area (Å²) in [4.78, 5) is 17.5. The van der Waals surface area contributed by atoms with Gasteiger partial charge in [-0.25, -0.2) is 9.97 Å². The molecule has 138 valence electrons. The quantitative estimate of drug-likeness (QED) is 0.539. The van der Waals surface area contributed by atoms with Crippen molar-refractivity contribution in [2.45, 2.75) is 13.8 Å². The largest absolute Gasteiger partial charge is 0.491 e. The molecular formula is C19H23N3O4. The molecule has 26 heavy (non-hydrogen) atoms. The van der Waals surface area contributed by atoms with Crippen LogP contribution in [0.3, 0.4) is 0 Å². The maximum Gasteiger partial charge on any atom is 0.290 e. The van der Waals surface area contributed by atoms with E-state index >= 15 is 0 Å². The van der Waals surface area contributed by atoms with Gasteiger partial charge >= 0.3 is 0 Å². The number of aryl methyl sites for hydroxylation is 2. The third kappa shape index (κ3) is 4.80. The lowest BCUT2D eigenvalue weighted by Crippen LogP contribution is -2.06. The van der Waals surface area contributed by atoms with Gasteiger partial charge in [0.1, 0.15) is 18.1 Å². The molecule has 1 aromatic carbocycles. The topological polar surface area (TPSA) is 86.5 Å². The number of aromatic nitrogens is 3. The molecule has 0 saturated heterocycles. The number of nitrogens with zero attached hydrogens (tertiary/aromatic N) is 3. The van der Waals surface area contributed by atoms with E-state index in [2.05, 4.69) is 24.0 Å². The van der Waals surface area contributed by atoms with E-state index in [4.69, 9.17) is 24.4 Å². The molecule has 2 heterocycles. The normalized spacial score (nSPS) is 10.3. The first-order valence-corrected chi connectivity index (χ1v) is 8.28. The highest BCUT2D eigenvalue weighted by Gasteiger charge is 2.09. The van der Waals surface area contributed by atoms with Crippen molar-refractivity contribution in [2.24, 2.45) is 7.05 Å². The van der Waals surface area contributed by atoms with Crippen molar-refractivity contribution in [1.29, 1.82) is 0 Å². The first kappa shape index (κ1) is 19.4. The average molecular weight is 357 g/mol. The molecule has 2 aromatic heterocycles. The lowest BCUT2D eigenvalue weighted by atomic mass is 10.1. The van der Waals surface area contributed by atoms with E-state index in [1.54, 1.807) is 6.20 Å². The van der Waals surface area contributed by atoms with Crippen LogP contribution in [0.4, 0.5) is 0 Å². The van der Waals surface area contributed by atoms with Crippen molar-refractivity contribution >= 4 is 17.4 Å². The molecule has 3 rings (SSSR count). The minimum Gasteiger partial charge on any atom is -0.491 e. The summed E-state index contributed by atoms with van der Waals surface area (Å²) in [6, 6.07) is 8.07. The second kappa shape index (κ2) is 9.53. The van der Waals surface area contributed by atoms with Crippen LogP contribution in [0.25, 0.3) is 22.4 Å². The molecule has 0 aliphatic carbocycles. The molecule has 7 nitrogen and oxygen atoms in total. The zero-order valence-corrected chi connectivity index (χ0v) is 15.2. The van der Waals surface area contributed by atoms with E-state index in [0.717, 1.165) is 28.2 Å². The molecule has 0 spiro atoms. The summed E-state index contributed by atoms with van der Waals surface area (Å²) in [6.45, 7) is 5.65. The highest BCUT2D eigenvalue weighted by atomic mass is 16.5. The first-order chi connectivity index (χ1) is 12.6. The molecule has 0 amide bonds. The molecule has 0 bridgehead atoms. The van der Waals surface area contributed by atoms with Crippen molar-refractivity contribution in [3.8, 4) is 17.3 Å². The zero-order chi connectivity index (χ0) is 18.9. The molecule has 0 saturated carbocycles. The van der Waals surface area contributed by atoms with Crippen LogP contribution >= 0.6 is 0 Å². The Balaban J connectivity index is 0.000000758. The SMILES string of the molecule is CCOCCOc1ccc2c(C)cc(-c3nccn3C)nc2c1.O=CO. The summed E-state index contributed by atoms with van der Waals surface area (Å²) in [5.74, 6) is 1.67. The third-order valence-electron chi connectivity index (χ3n) is 3.74. The third-order valence-corrected chi connectivity index (χ3v) is 3.74. The Morgan fingerprint density at radius 3 is 2.69 bits per heavy atom. The lowest BCUT2D eigenvalue weighted by molar-refractivity contribution is -0.122. The summed E-state index contributed by atoms with van der Waals surface area (Å²) < 4.78 is 13.0. The number of fused-ring (bicyclic) bond motifs is 1. The second-order valence-corrected chi connectivity index (χ2v) is 5.52. The van der Waals surface area contributed by atoms with Gasteiger partial charge in [-0.3, -0.25) is 4.79 Å². The average Bonchev–Trinajstić information content (AvgIpc) is 3.05. The van der Waals surface area contributed by atoms with E-state index in [-0.39, 0.29) is 6.47 Å². The van der Waals surface area contributed by atoms with Gasteiger partial charge in [0, 0.05) is 37.5 Å². The van der Waals surface area contributed by atoms with Gasteiger partial charge in [-0.1, -0.05) is 0 Å². The molecule has 0 aliphatic heterocycles. The molecule has 0 aliphatic rings. The van der Waals surface area contributed by atoms with Crippen LogP contribution in [-0.2, 0) is 16.6 Å². The van der Waals surface area contributed by atoms with Crippen molar-refractivity contribution in [3.63, 3.8) is 0 Å². The van der Waals surface area contributed by atoms with Crippen LogP contribution in [0.5, 0.6) is 5.75 Å². The molecule has 7 heteroatoms. The van der Waals surface area contributed by atoms with Crippen LogP contribution in [0, 0.1) is 6.92 Å². The number of benzene rings is 1. The summed E-state index contributed by atoms with van der Waals surface area (Å²) in [7, 11) is 1.97. The minimum atomic E-state index is -0.250. The van der Waals surface area contributed by atoms with Gasteiger partial charge in [-0.2, -0.15) is 0 Å². The fraction of sp³-hybridized carbons (Fsp3) is 0.316. The van der Waals surface area contributed by atoms with Crippen LogP contribution in [0.1, 0.15) is 12.5 Å². The Hall–Kier alpha value is -2.93. The molecule has 1 N–H and O–H groups in total. The highest BCUT2D eigenvalue weighted by molar-refractivity contribution is 5.85. The number of hydrogen-bond donors (Lipinski definition) is 1. The fourth-order valence-electron chi connectivity index (χ4n) is 2.56. The van der Waals surface area contributed by atoms with Gasteiger partial charge in [0.25, 0.3) is 6.47 Å². The number of carboxylic acid groups (broad SMARTS) is 1. The van der Waals surface area contributed by atoms with Crippen LogP contribution in [-0.4, -0.2) is 45.9 Å². The van der Waals surface area contributed by atoms with Crippen LogP contribution in [0.15, 0.2) is 36.7 Å². The number of pyridine rings is 1. The molecule has 0 unspecified atom stereocenters. The summed E-state index contributed by atoms with van der Waals surface area (Å²) in [5.41, 5.74) is 2.96. The molecule has 0 radical (unpaired) electrons. The highest BCUT2D eigenvalue weighted by Crippen LogP contribution is 2.26. The molecule has 0 fully saturated rings. The van der Waals surface area contributed by atoms with Gasteiger partial charge < -0.3 is 19.1 Å². The molecule has 0 atom stereocenters. The van der Waals surface area contributed by atoms with Crippen molar-refractivity contribution in [2.75, 3.05) is 19.8 Å². The van der Waals surface area contributed by atoms with E-state index in [1.165, 1.54) is 5.56 Å². The van der Waals surface area contributed by atoms with Gasteiger partial charge in [0.05, 0.1) is 12.1 Å². The Labute approximate surface area is 152 Å². The Kier molecular flexibility index (Phi) is 7.11. The number of hydrogen-bond acceptors (Lipinski definition) is 5. The van der Waals surface area contributed by atoms with Gasteiger partial charge in [0.15, 0.2) is 5.82 Å². The lowest BCUT2D eigenvalue weighted by Gasteiger charge is -2.10. The first-order valence-electron chi connectivity index (χ1n) is 8.28. The fourth-order valence-corrected chi connectivity index (χ4v) is 2.56. The van der Waals surface area contributed by atoms with E-state index in [1.807, 2.05) is 36.9 Å². The summed E-state index contributed by atoms with van der Waals surface area (Å²) in [5, 5.41) is 8.01. The smallest absolute Gasteiger partial charge is 0.290 e. The van der Waals surface area contributed by atoms with Gasteiger partial charge in [0.2, 0.25) is 0 Å². The number of imidazole rings is 1. The maximum absolute atomic E-state index is 8.36. The standard InChI is InChI=1S/C18H21N3O2.CH2O2/c1-4-22-9-10-23-14-5-6-15-13(2)11-17(20-16(15)12-14)18-19-7-8-21(18)3;2-1-3/h5-8,11-12H,4,9-10H2,1-3H3;1H,(H,2,3). The van der Waals surface area contributed by atoms with Crippen LogP contribution in [0.2, 0.25) is 0 Å². The zero-order valence-electron chi connectivity index (χ0n) is 15.2. The number of rotatable bonds is 6. The Morgan fingerprint density at radius 1 is 1.27 bits per heavy atom. The predicted molar refractivity (Wildman–Crippen MR) is 99.4 cm³/mol. The van der Waals surface area contributed by atoms with Crippen molar-refractivity contribution in [3.05, 3.63) is 42.2 Å². The minimum absolute atomic E-state index is 0.250. The molecular weight excluding hydrogens is 334 g/mol. The number of ether oxygens (including phenoxy) is 2. The predicted octanol–water partition coefficient (Wildman–Crippen LogP) is 3.06. The van der Waals surface area contributed by atoms with Crippen molar-refractivity contribution in [1.82, 2.24) is 14.5 Å². The Morgan fingerprint density at radius 2 is 2.04 bits per heavy atom. The Bertz CT molecular complexity index is 861. The second-order valence-electron chi connectivity index (χ2n) is 5.52. The summed E-state index contributed by atoms with van der Waals surface area (Å²) >= 11 is 0. The summed E-state index contributed by atoms with van der Waals surface area (Å²) in [6.07, 6.45) is 3.70. The molecule has 3 aromatic rings. The van der Waals surface area contributed by atoms with E-state index < -0.39 is 0 Å². The van der Waals surface area contributed by atoms with Gasteiger partial charge in [-0.15, -0.1) is 0 Å². The monoisotopic (exact) mass is 357 g/mol. The van der Waals surface area contributed by atoms with E-state index in [0.29, 0.717) is 19.8 Å². The van der Waals surface area contributed by atoms with Gasteiger partial charge in [-0.05, 0) is 37.6 Å². The van der Waals surface area contributed by atoms with Crippen LogP contribution < -0.4 is 4.74 Å². The number of carbonyl (C=O) groups is 1.